The van der Waals surface area contributed by atoms with Crippen LogP contribution in [0.15, 0.2) is 16.5 Å². The predicted molar refractivity (Wildman–Crippen MR) is 119 cm³/mol. The van der Waals surface area contributed by atoms with Crippen LogP contribution in [-0.2, 0) is 16.9 Å². The third kappa shape index (κ3) is 4.86. The number of aliphatic hydroxyl groups is 1. The summed E-state index contributed by atoms with van der Waals surface area (Å²) < 4.78 is 51.9. The van der Waals surface area contributed by atoms with Crippen molar-refractivity contribution >= 4 is 27.4 Å². The van der Waals surface area contributed by atoms with Crippen LogP contribution in [0.3, 0.4) is 0 Å². The lowest BCUT2D eigenvalue weighted by Gasteiger charge is -2.29. The van der Waals surface area contributed by atoms with Crippen molar-refractivity contribution in [2.75, 3.05) is 38.2 Å². The van der Waals surface area contributed by atoms with E-state index < -0.39 is 24.0 Å². The molecule has 4 heterocycles. The lowest BCUT2D eigenvalue weighted by atomic mass is 9.95. The van der Waals surface area contributed by atoms with Crippen molar-refractivity contribution in [3.05, 3.63) is 39.9 Å². The van der Waals surface area contributed by atoms with Gasteiger partial charge in [0, 0.05) is 30.9 Å². The van der Waals surface area contributed by atoms with Crippen LogP contribution in [0, 0.1) is 20.8 Å². The maximum Gasteiger partial charge on any atom is 0.424 e. The fourth-order valence-corrected chi connectivity index (χ4v) is 4.92. The number of ether oxygens (including phenoxy) is 1. The minimum atomic E-state index is -4.89. The van der Waals surface area contributed by atoms with Gasteiger partial charge in [0.15, 0.2) is 0 Å². The maximum absolute atomic E-state index is 13.8. The summed E-state index contributed by atoms with van der Waals surface area (Å²) >= 11 is 1.53. The average Bonchev–Trinajstić information content (AvgIpc) is 3.31. The van der Waals surface area contributed by atoms with Gasteiger partial charge in [0.05, 0.1) is 25.1 Å². The molecule has 0 spiro atoms. The van der Waals surface area contributed by atoms with Gasteiger partial charge in [0.1, 0.15) is 28.0 Å². The Morgan fingerprint density at radius 3 is 2.52 bits per heavy atom. The molecule has 1 aliphatic heterocycles. The minimum absolute atomic E-state index is 0.160. The molecule has 1 aliphatic rings. The molecule has 3 aromatic heterocycles. The van der Waals surface area contributed by atoms with Crippen molar-refractivity contribution in [2.24, 2.45) is 0 Å². The molecule has 0 bridgehead atoms. The molecule has 4 rings (SSSR count). The molecular weight excluding hydrogens is 457 g/mol. The van der Waals surface area contributed by atoms with E-state index in [1.54, 1.807) is 0 Å². The third-order valence-corrected chi connectivity index (χ3v) is 7.04. The molecule has 0 aromatic carbocycles. The summed E-state index contributed by atoms with van der Waals surface area (Å²) in [6.07, 6.45) is -5.52. The lowest BCUT2D eigenvalue weighted by Crippen LogP contribution is -2.43. The van der Waals surface area contributed by atoms with Gasteiger partial charge in [0.2, 0.25) is 5.60 Å². The van der Waals surface area contributed by atoms with Crippen LogP contribution >= 0.6 is 11.3 Å². The number of nitrogens with one attached hydrogen (secondary N) is 1. The zero-order chi connectivity index (χ0) is 23.8. The molecule has 0 radical (unpaired) electrons. The van der Waals surface area contributed by atoms with Crippen LogP contribution in [0.2, 0.25) is 0 Å². The first-order valence-electron chi connectivity index (χ1n) is 10.7. The number of anilines is 1. The number of alkyl halides is 3. The summed E-state index contributed by atoms with van der Waals surface area (Å²) in [6.45, 7) is 8.67. The van der Waals surface area contributed by atoms with Crippen molar-refractivity contribution in [1.82, 2.24) is 14.9 Å². The molecule has 33 heavy (non-hydrogen) atoms. The standard InChI is InChI=1S/C22H27F3N4O3S/c1-13-4-5-16(32-13)21(30,22(23,24)25)6-7-26-19-18-14(2)15(3)33-20(18)28-17(27-19)12-29-8-10-31-11-9-29/h4-5,30H,6-12H2,1-3H3,(H,26,27,28)/t21-/m0/s1. The first kappa shape index (κ1) is 23.9. The van der Waals surface area contributed by atoms with E-state index in [-0.39, 0.29) is 6.54 Å². The van der Waals surface area contributed by atoms with Crippen molar-refractivity contribution in [3.8, 4) is 0 Å². The van der Waals surface area contributed by atoms with Gasteiger partial charge in [-0.15, -0.1) is 11.3 Å². The van der Waals surface area contributed by atoms with E-state index in [2.05, 4.69) is 15.2 Å². The Morgan fingerprint density at radius 1 is 1.15 bits per heavy atom. The second-order valence-electron chi connectivity index (χ2n) is 8.29. The number of rotatable bonds is 7. The lowest BCUT2D eigenvalue weighted by molar-refractivity contribution is -0.274. The highest BCUT2D eigenvalue weighted by Crippen LogP contribution is 2.42. The number of hydrogen-bond acceptors (Lipinski definition) is 8. The molecule has 0 amide bonds. The smallest absolute Gasteiger partial charge is 0.424 e. The van der Waals surface area contributed by atoms with E-state index in [4.69, 9.17) is 14.1 Å². The maximum atomic E-state index is 13.8. The summed E-state index contributed by atoms with van der Waals surface area (Å²) in [4.78, 5) is 13.4. The van der Waals surface area contributed by atoms with E-state index >= 15 is 0 Å². The fourth-order valence-electron chi connectivity index (χ4n) is 3.87. The zero-order valence-corrected chi connectivity index (χ0v) is 19.6. The van der Waals surface area contributed by atoms with E-state index in [9.17, 15) is 18.3 Å². The summed E-state index contributed by atoms with van der Waals surface area (Å²) in [7, 11) is 0. The highest BCUT2D eigenvalue weighted by molar-refractivity contribution is 7.18. The first-order chi connectivity index (χ1) is 15.6. The zero-order valence-electron chi connectivity index (χ0n) is 18.8. The van der Waals surface area contributed by atoms with Crippen molar-refractivity contribution < 1.29 is 27.4 Å². The Labute approximate surface area is 193 Å². The van der Waals surface area contributed by atoms with E-state index in [0.29, 0.717) is 37.2 Å². The Hall–Kier alpha value is -2.21. The Kier molecular flexibility index (Phi) is 6.68. The number of aryl methyl sites for hydroxylation is 3. The minimum Gasteiger partial charge on any atom is -0.463 e. The summed E-state index contributed by atoms with van der Waals surface area (Å²) in [5, 5.41) is 14.4. The quantitative estimate of drug-likeness (QED) is 0.518. The van der Waals surface area contributed by atoms with Crippen LogP contribution in [0.4, 0.5) is 19.0 Å². The number of furan rings is 1. The van der Waals surface area contributed by atoms with Gasteiger partial charge in [0.25, 0.3) is 0 Å². The van der Waals surface area contributed by atoms with Crippen molar-refractivity contribution in [2.45, 2.75) is 45.5 Å². The summed E-state index contributed by atoms with van der Waals surface area (Å²) in [5.74, 6) is 0.860. The number of nitrogens with zero attached hydrogens (tertiary/aromatic N) is 3. The van der Waals surface area contributed by atoms with E-state index in [0.717, 1.165) is 33.7 Å². The first-order valence-corrected chi connectivity index (χ1v) is 11.6. The SMILES string of the molecule is Cc1ccc([C@@](O)(CCNc2nc(CN3CCOCC3)nc3sc(C)c(C)c23)C(F)(F)F)o1. The van der Waals surface area contributed by atoms with Gasteiger partial charge in [-0.2, -0.15) is 13.2 Å². The number of halogens is 3. The van der Waals surface area contributed by atoms with Crippen LogP contribution in [0.25, 0.3) is 10.2 Å². The van der Waals surface area contributed by atoms with Crippen LogP contribution in [0.1, 0.15) is 34.2 Å². The monoisotopic (exact) mass is 484 g/mol. The number of fused-ring (bicyclic) bond motifs is 1. The van der Waals surface area contributed by atoms with Gasteiger partial charge < -0.3 is 19.6 Å². The Bertz CT molecular complexity index is 1120. The molecule has 7 nitrogen and oxygen atoms in total. The second-order valence-corrected chi connectivity index (χ2v) is 9.49. The summed E-state index contributed by atoms with van der Waals surface area (Å²) in [5.41, 5.74) is -2.11. The van der Waals surface area contributed by atoms with E-state index in [1.807, 2.05) is 13.8 Å². The van der Waals surface area contributed by atoms with Crippen molar-refractivity contribution in [3.63, 3.8) is 0 Å². The molecule has 3 aromatic rings. The van der Waals surface area contributed by atoms with Crippen molar-refractivity contribution in [1.29, 1.82) is 0 Å². The highest BCUT2D eigenvalue weighted by Gasteiger charge is 2.56. The Morgan fingerprint density at radius 2 is 1.88 bits per heavy atom. The molecule has 0 aliphatic carbocycles. The number of aromatic nitrogens is 2. The normalized spacial score (nSPS) is 17.4. The average molecular weight is 485 g/mol. The molecular formula is C22H27F3N4O3S. The van der Waals surface area contributed by atoms with Crippen LogP contribution < -0.4 is 5.32 Å². The molecule has 180 valence electrons. The van der Waals surface area contributed by atoms with Crippen LogP contribution in [0.5, 0.6) is 0 Å². The van der Waals surface area contributed by atoms with Gasteiger partial charge >= 0.3 is 6.18 Å². The molecule has 0 saturated carbocycles. The number of morpholine rings is 1. The molecule has 1 atom stereocenters. The molecule has 11 heteroatoms. The predicted octanol–water partition coefficient (Wildman–Crippen LogP) is 4.29. The molecule has 1 saturated heterocycles. The molecule has 0 unspecified atom stereocenters. The fraction of sp³-hybridized carbons (Fsp3) is 0.545. The van der Waals surface area contributed by atoms with E-state index in [1.165, 1.54) is 30.4 Å². The molecule has 2 N–H and O–H groups in total. The van der Waals surface area contributed by atoms with Gasteiger partial charge in [-0.3, -0.25) is 4.90 Å². The number of thiophene rings is 1. The Balaban J connectivity index is 1.59. The van der Waals surface area contributed by atoms with Crippen LogP contribution in [-0.4, -0.2) is 59.0 Å². The second kappa shape index (κ2) is 9.21. The summed E-state index contributed by atoms with van der Waals surface area (Å²) in [6, 6.07) is 2.57. The van der Waals surface area contributed by atoms with Gasteiger partial charge in [-0.1, -0.05) is 0 Å². The van der Waals surface area contributed by atoms with Gasteiger partial charge in [-0.05, 0) is 38.5 Å². The number of hydrogen-bond donors (Lipinski definition) is 2. The molecule has 1 fully saturated rings. The topological polar surface area (TPSA) is 83.7 Å². The third-order valence-electron chi connectivity index (χ3n) is 5.94. The van der Waals surface area contributed by atoms with Gasteiger partial charge in [-0.25, -0.2) is 9.97 Å². The highest BCUT2D eigenvalue weighted by atomic mass is 32.1. The largest absolute Gasteiger partial charge is 0.463 e.